The minimum atomic E-state index is -4.98. The molecule has 0 radical (unpaired) electrons. The molecule has 2 heterocycles. The monoisotopic (exact) mass is 985 g/mol. The SMILES string of the molecule is C/C=C1\NC(=O)[C@H](NC(=O)[C@@H](NC(=O)[C@@H](COS(=O)(=O)O)OC)C(C)C)[C@@H](C)OC(=O)[C@H](C(C)C)NC(=O)[C@H](Cc2ccccc2)N(C)C(=O)[C@H](Cc2ccccc2)N2C(=O)[C@H](CC[C@H]2O)NC1=O. The number of esters is 1. The summed E-state index contributed by atoms with van der Waals surface area (Å²) in [6.07, 6.45) is -3.84. The summed E-state index contributed by atoms with van der Waals surface area (Å²) in [5, 5.41) is 24.0. The van der Waals surface area contributed by atoms with Crippen molar-refractivity contribution < 1.29 is 70.1 Å². The molecule has 0 aliphatic carbocycles. The summed E-state index contributed by atoms with van der Waals surface area (Å²) in [7, 11) is -2.56. The fourth-order valence-corrected chi connectivity index (χ4v) is 8.07. The van der Waals surface area contributed by atoms with E-state index in [2.05, 4.69) is 30.8 Å². The molecule has 0 unspecified atom stereocenters. The van der Waals surface area contributed by atoms with E-state index < -0.39 is 137 Å². The maximum Gasteiger partial charge on any atom is 0.397 e. The predicted octanol–water partition coefficient (Wildman–Crippen LogP) is -0.341. The van der Waals surface area contributed by atoms with Crippen LogP contribution in [0, 0.1) is 11.8 Å². The van der Waals surface area contributed by atoms with Gasteiger partial charge in [0.25, 0.3) is 17.7 Å². The van der Waals surface area contributed by atoms with Crippen molar-refractivity contribution in [1.82, 2.24) is 36.4 Å². The third-order valence-corrected chi connectivity index (χ3v) is 12.2. The molecule has 4 rings (SSSR count). The number of aliphatic hydroxyl groups excluding tert-OH is 1. The minimum absolute atomic E-state index is 0.0644. The van der Waals surface area contributed by atoms with Gasteiger partial charge in [-0.2, -0.15) is 8.42 Å². The quantitative estimate of drug-likeness (QED) is 0.0724. The van der Waals surface area contributed by atoms with Crippen molar-refractivity contribution in [2.45, 2.75) is 122 Å². The van der Waals surface area contributed by atoms with E-state index in [1.54, 1.807) is 74.5 Å². The maximum absolute atomic E-state index is 14.9. The zero-order chi connectivity index (χ0) is 51.3. The molecule has 0 saturated carbocycles. The molecule has 2 fully saturated rings. The number of hydrogen-bond acceptors (Lipinski definition) is 14. The smallest absolute Gasteiger partial charge is 0.397 e. The summed E-state index contributed by atoms with van der Waals surface area (Å²) in [6, 6.07) is 8.64. The Morgan fingerprint density at radius 3 is 1.97 bits per heavy atom. The Hall–Kier alpha value is -6.27. The van der Waals surface area contributed by atoms with Gasteiger partial charge in [-0.1, -0.05) is 94.4 Å². The molecule has 0 spiro atoms. The summed E-state index contributed by atoms with van der Waals surface area (Å²) >= 11 is 0. The first-order valence-corrected chi connectivity index (χ1v) is 23.7. The van der Waals surface area contributed by atoms with Gasteiger partial charge in [0.05, 0.1) is 0 Å². The number of allylic oxidation sites excluding steroid dienone is 1. The Kier molecular flexibility index (Phi) is 19.9. The maximum atomic E-state index is 14.9. The van der Waals surface area contributed by atoms with Crippen LogP contribution in [0.5, 0.6) is 0 Å². The molecule has 378 valence electrons. The van der Waals surface area contributed by atoms with E-state index in [-0.39, 0.29) is 25.7 Å². The molecule has 7 N–H and O–H groups in total. The zero-order valence-corrected chi connectivity index (χ0v) is 40.6. The number of nitrogens with zero attached hydrogens (tertiary/aromatic N) is 2. The highest BCUT2D eigenvalue weighted by Crippen LogP contribution is 2.25. The first-order valence-electron chi connectivity index (χ1n) is 22.4. The lowest BCUT2D eigenvalue weighted by Gasteiger charge is -2.43. The Balaban J connectivity index is 1.81. The second-order valence-corrected chi connectivity index (χ2v) is 18.5. The molecular formula is C46H63N7O15S. The number of rotatable bonds is 14. The van der Waals surface area contributed by atoms with Crippen molar-refractivity contribution in [2.24, 2.45) is 11.8 Å². The van der Waals surface area contributed by atoms with Gasteiger partial charge >= 0.3 is 16.4 Å². The van der Waals surface area contributed by atoms with Crippen LogP contribution in [0.4, 0.5) is 0 Å². The lowest BCUT2D eigenvalue weighted by molar-refractivity contribution is -0.165. The molecule has 2 aromatic carbocycles. The topological polar surface area (TPSA) is 305 Å². The summed E-state index contributed by atoms with van der Waals surface area (Å²) < 4.78 is 46.4. The number of carbonyl (C=O) groups is 8. The van der Waals surface area contributed by atoms with Gasteiger partial charge in [0.1, 0.15) is 60.9 Å². The molecule has 2 saturated heterocycles. The summed E-state index contributed by atoms with van der Waals surface area (Å²) in [4.78, 5) is 116. The van der Waals surface area contributed by atoms with Crippen LogP contribution < -0.4 is 26.6 Å². The summed E-state index contributed by atoms with van der Waals surface area (Å²) in [5.41, 5.74) is 0.833. The molecule has 2 aliphatic heterocycles. The number of carbonyl (C=O) groups excluding carboxylic acids is 8. The number of aliphatic hydroxyl groups is 1. The number of ether oxygens (including phenoxy) is 2. The zero-order valence-electron chi connectivity index (χ0n) is 39.7. The van der Waals surface area contributed by atoms with E-state index in [4.69, 9.17) is 14.0 Å². The third kappa shape index (κ3) is 15.1. The van der Waals surface area contributed by atoms with Gasteiger partial charge in [-0.05, 0) is 49.7 Å². The second kappa shape index (κ2) is 24.8. The van der Waals surface area contributed by atoms with Gasteiger partial charge in [0.15, 0.2) is 6.10 Å². The lowest BCUT2D eigenvalue weighted by atomic mass is 9.95. The van der Waals surface area contributed by atoms with Crippen LogP contribution in [0.1, 0.15) is 65.5 Å². The largest absolute Gasteiger partial charge is 0.458 e. The fraction of sp³-hybridized carbons (Fsp3) is 0.522. The van der Waals surface area contributed by atoms with Gasteiger partial charge < -0.3 is 51.0 Å². The first kappa shape index (κ1) is 55.3. The van der Waals surface area contributed by atoms with Crippen LogP contribution in [0.2, 0.25) is 0 Å². The number of cyclic esters (lactones) is 1. The van der Waals surface area contributed by atoms with Crippen LogP contribution >= 0.6 is 0 Å². The highest BCUT2D eigenvalue weighted by molar-refractivity contribution is 7.80. The van der Waals surface area contributed by atoms with E-state index in [1.165, 1.54) is 40.8 Å². The van der Waals surface area contributed by atoms with Crippen LogP contribution in [-0.4, -0.2) is 151 Å². The molecule has 2 aliphatic rings. The molecule has 7 amide bonds. The van der Waals surface area contributed by atoms with E-state index in [1.807, 2.05) is 0 Å². The van der Waals surface area contributed by atoms with Crippen molar-refractivity contribution in [3.05, 3.63) is 83.6 Å². The normalized spacial score (nSPS) is 25.1. The van der Waals surface area contributed by atoms with E-state index in [0.717, 1.165) is 16.9 Å². The van der Waals surface area contributed by atoms with E-state index >= 15 is 0 Å². The van der Waals surface area contributed by atoms with Crippen LogP contribution in [-0.2, 0) is 75.3 Å². The predicted molar refractivity (Wildman–Crippen MR) is 246 cm³/mol. The number of hydrogen-bond donors (Lipinski definition) is 7. The number of fused-ring (bicyclic) bond motifs is 2. The van der Waals surface area contributed by atoms with Crippen molar-refractivity contribution >= 4 is 57.7 Å². The van der Waals surface area contributed by atoms with Crippen molar-refractivity contribution in [1.29, 1.82) is 0 Å². The van der Waals surface area contributed by atoms with Gasteiger partial charge in [-0.3, -0.25) is 38.1 Å². The third-order valence-electron chi connectivity index (χ3n) is 11.7. The van der Waals surface area contributed by atoms with Gasteiger partial charge in [0.2, 0.25) is 23.6 Å². The lowest BCUT2D eigenvalue weighted by Crippen LogP contribution is -2.64. The summed E-state index contributed by atoms with van der Waals surface area (Å²) in [6.45, 7) is 7.96. The Morgan fingerprint density at radius 1 is 0.870 bits per heavy atom. The Labute approximate surface area is 401 Å². The highest BCUT2D eigenvalue weighted by atomic mass is 32.3. The number of amides is 7. The van der Waals surface area contributed by atoms with Crippen LogP contribution in [0.15, 0.2) is 72.4 Å². The van der Waals surface area contributed by atoms with Crippen LogP contribution in [0.25, 0.3) is 0 Å². The van der Waals surface area contributed by atoms with E-state index in [9.17, 15) is 51.9 Å². The molecule has 0 aromatic heterocycles. The molecule has 22 nitrogen and oxygen atoms in total. The van der Waals surface area contributed by atoms with Crippen molar-refractivity contribution in [3.8, 4) is 0 Å². The molecular weight excluding hydrogens is 923 g/mol. The fourth-order valence-electron chi connectivity index (χ4n) is 7.77. The van der Waals surface area contributed by atoms with Crippen LogP contribution in [0.3, 0.4) is 0 Å². The highest BCUT2D eigenvalue weighted by Gasteiger charge is 2.45. The van der Waals surface area contributed by atoms with Gasteiger partial charge in [-0.25, -0.2) is 8.98 Å². The van der Waals surface area contributed by atoms with E-state index in [0.29, 0.717) is 11.1 Å². The van der Waals surface area contributed by atoms with Gasteiger partial charge in [0, 0.05) is 27.0 Å². The molecule has 2 bridgehead atoms. The summed E-state index contributed by atoms with van der Waals surface area (Å²) in [5.74, 6) is -8.95. The van der Waals surface area contributed by atoms with Gasteiger partial charge in [-0.15, -0.1) is 0 Å². The minimum Gasteiger partial charge on any atom is -0.458 e. The number of nitrogens with one attached hydrogen (secondary N) is 5. The standard InChI is InChI=1S/C46H63N7O15S/c1-9-30-39(55)48-31-20-21-35(54)53(44(31)60)33(23-29-18-14-11-15-19-29)45(61)52(7)32(22-28-16-12-10-13-17-28)40(56)50-37(26(4)5)46(62)68-27(6)38(43(59)47-30)51-42(58)36(25(2)3)49-41(57)34(66-8)24-67-69(63,64)65/h9-19,25-27,31-38,54H,20-24H2,1-8H3,(H,47,59)(H,48,55)(H,49,57)(H,50,56)(H,51,58)(H,63,64,65)/b30-9-/t27-,31+,32+,33+,34-,35-,36+,37+,38-/m1/s1. The van der Waals surface area contributed by atoms with Crippen molar-refractivity contribution in [2.75, 3.05) is 20.8 Å². The second-order valence-electron chi connectivity index (χ2n) is 17.4. The molecule has 2 aromatic rings. The number of methoxy groups -OCH3 is 1. The number of benzene rings is 2. The Bertz CT molecular complexity index is 2320. The Morgan fingerprint density at radius 2 is 1.45 bits per heavy atom. The van der Waals surface area contributed by atoms with Crippen molar-refractivity contribution in [3.63, 3.8) is 0 Å². The average molecular weight is 986 g/mol. The molecule has 23 heteroatoms. The average Bonchev–Trinajstić information content (AvgIpc) is 3.29. The number of likely N-dealkylation sites (N-methyl/N-ethyl adjacent to an activating group) is 1. The molecule has 9 atom stereocenters. The first-order chi connectivity index (χ1) is 32.5. The number of piperidine rings is 1. The molecule has 69 heavy (non-hydrogen) atoms.